The molecule has 3 rings (SSSR count). The van der Waals surface area contributed by atoms with Gasteiger partial charge in [-0.15, -0.1) is 5.10 Å². The van der Waals surface area contributed by atoms with Crippen LogP contribution in [-0.2, 0) is 0 Å². The zero-order valence-electron chi connectivity index (χ0n) is 12.1. The van der Waals surface area contributed by atoms with Crippen molar-refractivity contribution in [2.75, 3.05) is 5.73 Å². The lowest BCUT2D eigenvalue weighted by molar-refractivity contribution is 0.813. The summed E-state index contributed by atoms with van der Waals surface area (Å²) in [5, 5.41) is 4.97. The average molecular weight is 302 g/mol. The van der Waals surface area contributed by atoms with Crippen LogP contribution >= 0.6 is 11.6 Å². The summed E-state index contributed by atoms with van der Waals surface area (Å²) in [6.07, 6.45) is 0. The largest absolute Gasteiger partial charge is 0.383 e. The van der Waals surface area contributed by atoms with Gasteiger partial charge < -0.3 is 5.73 Å². The second-order valence-corrected chi connectivity index (χ2v) is 5.73. The number of benzene rings is 1. The lowest BCUT2D eigenvalue weighted by atomic mass is 9.98. The van der Waals surface area contributed by atoms with Gasteiger partial charge in [-0.3, -0.25) is 0 Å². The molecule has 0 unspecified atom stereocenters. The summed E-state index contributed by atoms with van der Waals surface area (Å²) in [6, 6.07) is 7.59. The fraction of sp³-hybridized carbons (Fsp3) is 0.267. The Hall–Kier alpha value is -2.14. The summed E-state index contributed by atoms with van der Waals surface area (Å²) in [5.41, 5.74) is 9.03. The number of fused-ring (bicyclic) bond motifs is 1. The van der Waals surface area contributed by atoms with E-state index >= 15 is 0 Å². The normalized spacial score (nSPS) is 11.5. The molecule has 5 nitrogen and oxygen atoms in total. The number of hydrogen-bond acceptors (Lipinski definition) is 4. The van der Waals surface area contributed by atoms with Crippen molar-refractivity contribution in [3.8, 4) is 11.1 Å². The number of halogens is 1. The highest BCUT2D eigenvalue weighted by Gasteiger charge is 2.19. The Morgan fingerprint density at radius 3 is 2.67 bits per heavy atom. The predicted molar refractivity (Wildman–Crippen MR) is 84.5 cm³/mol. The second kappa shape index (κ2) is 5.00. The van der Waals surface area contributed by atoms with E-state index in [9.17, 15) is 0 Å². The molecule has 3 aromatic rings. The molecule has 0 aliphatic heterocycles. The van der Waals surface area contributed by atoms with E-state index in [0.717, 1.165) is 16.8 Å². The minimum absolute atomic E-state index is 0.211. The van der Waals surface area contributed by atoms with E-state index in [2.05, 4.69) is 28.9 Å². The highest BCUT2D eigenvalue weighted by Crippen LogP contribution is 2.34. The van der Waals surface area contributed by atoms with Gasteiger partial charge in [-0.05, 0) is 30.5 Å². The highest BCUT2D eigenvalue weighted by molar-refractivity contribution is 6.30. The Morgan fingerprint density at radius 2 is 2.00 bits per heavy atom. The lowest BCUT2D eigenvalue weighted by Gasteiger charge is -2.15. The fourth-order valence-electron chi connectivity index (χ4n) is 2.40. The topological polar surface area (TPSA) is 69.1 Å². The lowest BCUT2D eigenvalue weighted by Crippen LogP contribution is -2.08. The fourth-order valence-corrected chi connectivity index (χ4v) is 2.59. The third-order valence-electron chi connectivity index (χ3n) is 3.32. The maximum atomic E-state index is 6.33. The predicted octanol–water partition coefficient (Wildman–Crippen LogP) is 3.46. The van der Waals surface area contributed by atoms with Crippen LogP contribution in [0, 0.1) is 6.92 Å². The molecule has 0 bridgehead atoms. The molecule has 2 heterocycles. The van der Waals surface area contributed by atoms with Gasteiger partial charge in [0.05, 0.1) is 5.69 Å². The molecule has 0 aliphatic carbocycles. The van der Waals surface area contributed by atoms with E-state index in [4.69, 9.17) is 17.3 Å². The summed E-state index contributed by atoms with van der Waals surface area (Å²) >= 11 is 6.11. The van der Waals surface area contributed by atoms with E-state index in [0.29, 0.717) is 22.4 Å². The summed E-state index contributed by atoms with van der Waals surface area (Å²) in [5.74, 6) is 1.92. The first-order chi connectivity index (χ1) is 9.97. The SMILES string of the molecule is Cc1nc2nc(C(C)C)c(-c3cccc(Cl)c3)c(N)n2n1. The summed E-state index contributed by atoms with van der Waals surface area (Å²) in [4.78, 5) is 8.93. The molecule has 21 heavy (non-hydrogen) atoms. The van der Waals surface area contributed by atoms with Gasteiger partial charge in [-0.1, -0.05) is 37.6 Å². The number of rotatable bonds is 2. The number of anilines is 1. The van der Waals surface area contributed by atoms with Gasteiger partial charge in [0.15, 0.2) is 0 Å². The van der Waals surface area contributed by atoms with Gasteiger partial charge in [0.25, 0.3) is 5.78 Å². The van der Waals surface area contributed by atoms with Crippen LogP contribution in [0.1, 0.15) is 31.3 Å². The number of nitrogens with two attached hydrogens (primary N) is 1. The summed E-state index contributed by atoms with van der Waals surface area (Å²) < 4.78 is 1.58. The number of aryl methyl sites for hydroxylation is 1. The van der Waals surface area contributed by atoms with E-state index in [1.807, 2.05) is 31.2 Å². The van der Waals surface area contributed by atoms with Gasteiger partial charge in [-0.2, -0.15) is 9.50 Å². The first-order valence-electron chi connectivity index (χ1n) is 6.76. The Kier molecular flexibility index (Phi) is 3.29. The summed E-state index contributed by atoms with van der Waals surface area (Å²) in [6.45, 7) is 5.98. The number of aromatic nitrogens is 4. The minimum Gasteiger partial charge on any atom is -0.383 e. The Bertz CT molecular complexity index is 822. The van der Waals surface area contributed by atoms with E-state index in [-0.39, 0.29) is 5.92 Å². The first kappa shape index (κ1) is 13.8. The summed E-state index contributed by atoms with van der Waals surface area (Å²) in [7, 11) is 0. The zero-order valence-corrected chi connectivity index (χ0v) is 12.9. The highest BCUT2D eigenvalue weighted by atomic mass is 35.5. The van der Waals surface area contributed by atoms with Crippen molar-refractivity contribution < 1.29 is 0 Å². The van der Waals surface area contributed by atoms with E-state index in [1.54, 1.807) is 4.52 Å². The molecule has 2 aromatic heterocycles. The number of nitrogen functional groups attached to an aromatic ring is 1. The molecule has 2 N–H and O–H groups in total. The van der Waals surface area contributed by atoms with Gasteiger partial charge >= 0.3 is 0 Å². The van der Waals surface area contributed by atoms with Crippen molar-refractivity contribution in [2.45, 2.75) is 26.7 Å². The number of nitrogens with zero attached hydrogens (tertiary/aromatic N) is 4. The van der Waals surface area contributed by atoms with Crippen molar-refractivity contribution >= 4 is 23.2 Å². The van der Waals surface area contributed by atoms with Crippen molar-refractivity contribution in [3.63, 3.8) is 0 Å². The maximum Gasteiger partial charge on any atom is 0.254 e. The van der Waals surface area contributed by atoms with Crippen LogP contribution < -0.4 is 5.73 Å². The minimum atomic E-state index is 0.211. The standard InChI is InChI=1S/C15H16ClN5/c1-8(2)13-12(10-5-4-6-11(16)7-10)14(17)21-15(19-13)18-9(3)20-21/h4-8H,17H2,1-3H3. The first-order valence-corrected chi connectivity index (χ1v) is 7.14. The zero-order chi connectivity index (χ0) is 15.1. The van der Waals surface area contributed by atoms with Gasteiger partial charge in [0.1, 0.15) is 11.6 Å². The van der Waals surface area contributed by atoms with Crippen LogP contribution in [0.4, 0.5) is 5.82 Å². The Morgan fingerprint density at radius 1 is 1.24 bits per heavy atom. The molecule has 0 atom stereocenters. The van der Waals surface area contributed by atoms with E-state index < -0.39 is 0 Å². The van der Waals surface area contributed by atoms with Gasteiger partial charge in [-0.25, -0.2) is 4.98 Å². The molecule has 1 aromatic carbocycles. The van der Waals surface area contributed by atoms with Crippen LogP contribution in [0.15, 0.2) is 24.3 Å². The Balaban J connectivity index is 2.38. The molecular weight excluding hydrogens is 286 g/mol. The molecule has 108 valence electrons. The molecule has 0 amide bonds. The Labute approximate surface area is 127 Å². The third-order valence-corrected chi connectivity index (χ3v) is 3.55. The molecule has 0 saturated heterocycles. The molecule has 0 radical (unpaired) electrons. The molecule has 0 aliphatic rings. The quantitative estimate of drug-likeness (QED) is 0.787. The van der Waals surface area contributed by atoms with E-state index in [1.165, 1.54) is 0 Å². The molecule has 6 heteroatoms. The van der Waals surface area contributed by atoms with Gasteiger partial charge in [0.2, 0.25) is 0 Å². The third kappa shape index (κ3) is 2.34. The van der Waals surface area contributed by atoms with Gasteiger partial charge in [0, 0.05) is 10.6 Å². The monoisotopic (exact) mass is 301 g/mol. The molecule has 0 spiro atoms. The number of hydrogen-bond donors (Lipinski definition) is 1. The van der Waals surface area contributed by atoms with Crippen LogP contribution in [0.3, 0.4) is 0 Å². The maximum absolute atomic E-state index is 6.33. The average Bonchev–Trinajstić information content (AvgIpc) is 2.79. The van der Waals surface area contributed by atoms with Crippen molar-refractivity contribution in [1.29, 1.82) is 0 Å². The molecule has 0 saturated carbocycles. The molecular formula is C15H16ClN5. The van der Waals surface area contributed by atoms with Crippen molar-refractivity contribution in [3.05, 3.63) is 40.8 Å². The van der Waals surface area contributed by atoms with Crippen LogP contribution in [0.5, 0.6) is 0 Å². The van der Waals surface area contributed by atoms with Crippen molar-refractivity contribution in [2.24, 2.45) is 0 Å². The molecule has 0 fully saturated rings. The van der Waals surface area contributed by atoms with Crippen LogP contribution in [-0.4, -0.2) is 19.6 Å². The smallest absolute Gasteiger partial charge is 0.254 e. The van der Waals surface area contributed by atoms with Crippen LogP contribution in [0.2, 0.25) is 5.02 Å². The van der Waals surface area contributed by atoms with Crippen LogP contribution in [0.25, 0.3) is 16.9 Å². The second-order valence-electron chi connectivity index (χ2n) is 5.29. The van der Waals surface area contributed by atoms with Crippen molar-refractivity contribution in [1.82, 2.24) is 19.6 Å².